The highest BCUT2D eigenvalue weighted by atomic mass is 32.1. The van der Waals surface area contributed by atoms with Crippen LogP contribution in [-0.4, -0.2) is 91.2 Å². The highest BCUT2D eigenvalue weighted by Gasteiger charge is 2.38. The van der Waals surface area contributed by atoms with Crippen LogP contribution in [0.25, 0.3) is 0 Å². The molecule has 15 heteroatoms. The predicted molar refractivity (Wildman–Crippen MR) is 122 cm³/mol. The molecule has 3 aromatic rings. The predicted octanol–water partition coefficient (Wildman–Crippen LogP) is 0.521. The van der Waals surface area contributed by atoms with Gasteiger partial charge in [0.2, 0.25) is 11.8 Å². The molecule has 5 heterocycles. The van der Waals surface area contributed by atoms with E-state index in [1.165, 1.54) is 0 Å². The maximum Gasteiger partial charge on any atom is 0.347 e. The fourth-order valence-electron chi connectivity index (χ4n) is 4.03. The third-order valence-corrected chi connectivity index (χ3v) is 6.98. The molecule has 0 saturated carbocycles. The summed E-state index contributed by atoms with van der Waals surface area (Å²) in [5, 5.41) is 37.6. The van der Waals surface area contributed by atoms with E-state index < -0.39 is 11.6 Å². The molecule has 4 N–H and O–H groups in total. The Kier molecular flexibility index (Phi) is 5.97. The van der Waals surface area contributed by atoms with Crippen molar-refractivity contribution in [2.75, 3.05) is 54.5 Å². The van der Waals surface area contributed by atoms with Crippen molar-refractivity contribution in [2.45, 2.75) is 25.4 Å². The van der Waals surface area contributed by atoms with Gasteiger partial charge in [0.15, 0.2) is 5.13 Å². The van der Waals surface area contributed by atoms with Gasteiger partial charge in [-0.1, -0.05) is 16.6 Å². The topological polar surface area (TPSA) is 178 Å². The Morgan fingerprint density at radius 3 is 2.41 bits per heavy atom. The first-order valence-corrected chi connectivity index (χ1v) is 11.6. The Bertz CT molecular complexity index is 1160. The summed E-state index contributed by atoms with van der Waals surface area (Å²) in [4.78, 5) is 29.4. The van der Waals surface area contributed by atoms with Crippen LogP contribution in [0.3, 0.4) is 0 Å². The third kappa shape index (κ3) is 4.49. The third-order valence-electron chi connectivity index (χ3n) is 5.92. The Labute approximate surface area is 198 Å². The number of aromatic carboxylic acids is 1. The van der Waals surface area contributed by atoms with E-state index >= 15 is 0 Å². The smallest absolute Gasteiger partial charge is 0.347 e. The number of carboxylic acids is 1. The second kappa shape index (κ2) is 9.08. The molecule has 2 aliphatic heterocycles. The SMILES string of the molecule is Cc1nc(Nc2nc(N3CCOCC3)cc(N3CCC(O)(c4nn[nH]n4)CC3)n2)sc1C(=O)O. The van der Waals surface area contributed by atoms with E-state index in [1.54, 1.807) is 6.92 Å². The van der Waals surface area contributed by atoms with E-state index in [1.807, 2.05) is 6.07 Å². The molecule has 0 aromatic carbocycles. The van der Waals surface area contributed by atoms with Gasteiger partial charge in [-0.3, -0.25) is 5.32 Å². The van der Waals surface area contributed by atoms with E-state index in [2.05, 4.69) is 50.7 Å². The number of ether oxygens (including phenoxy) is 1. The molecule has 180 valence electrons. The molecular formula is C19H24N10O4S. The van der Waals surface area contributed by atoms with Crippen LogP contribution in [-0.2, 0) is 10.3 Å². The molecule has 14 nitrogen and oxygen atoms in total. The second-order valence-electron chi connectivity index (χ2n) is 8.13. The van der Waals surface area contributed by atoms with Crippen molar-refractivity contribution in [2.24, 2.45) is 0 Å². The maximum absolute atomic E-state index is 11.4. The number of nitrogens with zero attached hydrogens (tertiary/aromatic N) is 8. The van der Waals surface area contributed by atoms with Gasteiger partial charge < -0.3 is 24.7 Å². The molecule has 2 saturated heterocycles. The van der Waals surface area contributed by atoms with Crippen molar-refractivity contribution in [1.82, 2.24) is 35.6 Å². The molecule has 5 rings (SSSR count). The lowest BCUT2D eigenvalue weighted by molar-refractivity contribution is 0.00307. The number of thiazole rings is 1. The van der Waals surface area contributed by atoms with E-state index in [0.29, 0.717) is 80.7 Å². The minimum Gasteiger partial charge on any atom is -0.477 e. The van der Waals surface area contributed by atoms with E-state index in [4.69, 9.17) is 4.74 Å². The Balaban J connectivity index is 1.41. The summed E-state index contributed by atoms with van der Waals surface area (Å²) in [5.41, 5.74) is -0.711. The van der Waals surface area contributed by atoms with Crippen molar-refractivity contribution >= 4 is 40.0 Å². The zero-order chi connectivity index (χ0) is 23.7. The van der Waals surface area contributed by atoms with Crippen LogP contribution in [0.2, 0.25) is 0 Å². The van der Waals surface area contributed by atoms with E-state index in [9.17, 15) is 15.0 Å². The van der Waals surface area contributed by atoms with Crippen LogP contribution in [0.1, 0.15) is 34.0 Å². The molecule has 0 unspecified atom stereocenters. The van der Waals surface area contributed by atoms with Crippen molar-refractivity contribution < 1.29 is 19.7 Å². The van der Waals surface area contributed by atoms with E-state index in [0.717, 1.165) is 17.2 Å². The van der Waals surface area contributed by atoms with Crippen molar-refractivity contribution in [3.63, 3.8) is 0 Å². The van der Waals surface area contributed by atoms with Crippen LogP contribution in [0.5, 0.6) is 0 Å². The summed E-state index contributed by atoms with van der Waals surface area (Å²) in [6, 6.07) is 1.92. The molecule has 3 aromatic heterocycles. The van der Waals surface area contributed by atoms with Gasteiger partial charge in [-0.2, -0.15) is 15.2 Å². The number of morpholine rings is 1. The molecule has 0 bridgehead atoms. The number of rotatable bonds is 6. The fraction of sp³-hybridized carbons (Fsp3) is 0.526. The fourth-order valence-corrected chi connectivity index (χ4v) is 4.83. The molecule has 0 radical (unpaired) electrons. The maximum atomic E-state index is 11.4. The van der Waals surface area contributed by atoms with Crippen molar-refractivity contribution in [3.8, 4) is 0 Å². The van der Waals surface area contributed by atoms with Crippen LogP contribution in [0.4, 0.5) is 22.7 Å². The normalized spacial score (nSPS) is 18.2. The zero-order valence-electron chi connectivity index (χ0n) is 18.4. The van der Waals surface area contributed by atoms with Gasteiger partial charge in [0.1, 0.15) is 22.1 Å². The number of tetrazole rings is 1. The standard InChI is InChI=1S/C19H24N10O4S/c1-11-14(15(30)31)34-18(20-11)23-17-21-12(10-13(22-17)29-6-8-33-9-7-29)28-4-2-19(32,3-5-28)16-24-26-27-25-16/h10,32H,2-9H2,1H3,(H,30,31)(H,20,21,22,23)(H,24,25,26,27). The van der Waals surface area contributed by atoms with Gasteiger partial charge in [-0.05, 0) is 6.92 Å². The number of aromatic nitrogens is 7. The molecule has 0 atom stereocenters. The molecule has 2 aliphatic rings. The summed E-state index contributed by atoms with van der Waals surface area (Å²) in [6.45, 7) is 5.34. The van der Waals surface area contributed by atoms with Gasteiger partial charge in [0, 0.05) is 45.1 Å². The van der Waals surface area contributed by atoms with Crippen LogP contribution in [0, 0.1) is 6.92 Å². The van der Waals surface area contributed by atoms with Crippen LogP contribution in [0.15, 0.2) is 6.07 Å². The van der Waals surface area contributed by atoms with E-state index in [-0.39, 0.29) is 4.88 Å². The monoisotopic (exact) mass is 488 g/mol. The quantitative estimate of drug-likeness (QED) is 0.378. The lowest BCUT2D eigenvalue weighted by atomic mass is 9.91. The average molecular weight is 489 g/mol. The summed E-state index contributed by atoms with van der Waals surface area (Å²) in [5.74, 6) is 1.03. The van der Waals surface area contributed by atoms with Gasteiger partial charge in [0.25, 0.3) is 0 Å². The molecule has 34 heavy (non-hydrogen) atoms. The number of H-pyrrole nitrogens is 1. The van der Waals surface area contributed by atoms with Gasteiger partial charge in [-0.25, -0.2) is 9.78 Å². The molecular weight excluding hydrogens is 464 g/mol. The highest BCUT2D eigenvalue weighted by Crippen LogP contribution is 2.33. The number of piperidine rings is 1. The molecule has 0 spiro atoms. The number of hydrogen-bond donors (Lipinski definition) is 4. The molecule has 0 aliphatic carbocycles. The highest BCUT2D eigenvalue weighted by molar-refractivity contribution is 7.17. The lowest BCUT2D eigenvalue weighted by Gasteiger charge is -2.37. The van der Waals surface area contributed by atoms with Crippen molar-refractivity contribution in [3.05, 3.63) is 22.5 Å². The minimum atomic E-state index is -1.14. The number of anilines is 4. The number of nitrogens with one attached hydrogen (secondary N) is 2. The number of carboxylic acid groups (broad SMARTS) is 1. The minimum absolute atomic E-state index is 0.170. The Morgan fingerprint density at radius 2 is 1.82 bits per heavy atom. The summed E-state index contributed by atoms with van der Waals surface area (Å²) >= 11 is 1.04. The first-order valence-electron chi connectivity index (χ1n) is 10.8. The summed E-state index contributed by atoms with van der Waals surface area (Å²) in [7, 11) is 0. The number of aromatic amines is 1. The molecule has 2 fully saturated rings. The summed E-state index contributed by atoms with van der Waals surface area (Å²) in [6.07, 6.45) is 0.833. The van der Waals surface area contributed by atoms with Crippen molar-refractivity contribution in [1.29, 1.82) is 0 Å². The summed E-state index contributed by atoms with van der Waals surface area (Å²) < 4.78 is 5.47. The average Bonchev–Trinajstić information content (AvgIpc) is 3.51. The van der Waals surface area contributed by atoms with Gasteiger partial charge in [-0.15, -0.1) is 10.2 Å². The number of aryl methyl sites for hydroxylation is 1. The Morgan fingerprint density at radius 1 is 1.15 bits per heavy atom. The van der Waals surface area contributed by atoms with Crippen LogP contribution >= 0.6 is 11.3 Å². The number of carbonyl (C=O) groups is 1. The second-order valence-corrected chi connectivity index (χ2v) is 9.12. The Hall–Kier alpha value is -3.43. The van der Waals surface area contributed by atoms with Gasteiger partial charge >= 0.3 is 5.97 Å². The number of hydrogen-bond acceptors (Lipinski definition) is 13. The molecule has 0 amide bonds. The largest absolute Gasteiger partial charge is 0.477 e. The van der Waals surface area contributed by atoms with Gasteiger partial charge in [0.05, 0.1) is 18.9 Å². The zero-order valence-corrected chi connectivity index (χ0v) is 19.2. The first kappa shape index (κ1) is 22.4. The lowest BCUT2D eigenvalue weighted by Crippen LogP contribution is -2.44. The first-order chi connectivity index (χ1) is 16.4. The number of aliphatic hydroxyl groups is 1. The van der Waals surface area contributed by atoms with Crippen LogP contribution < -0.4 is 15.1 Å².